The van der Waals surface area contributed by atoms with Gasteiger partial charge in [0.05, 0.1) is 19.1 Å². The van der Waals surface area contributed by atoms with Crippen molar-refractivity contribution in [1.29, 1.82) is 0 Å². The Balaban J connectivity index is 1.71. The number of hydrogen-bond donors (Lipinski definition) is 1. The predicted octanol–water partition coefficient (Wildman–Crippen LogP) is 4.28. The molecule has 38 heavy (non-hydrogen) atoms. The van der Waals surface area contributed by atoms with E-state index >= 15 is 0 Å². The maximum absolute atomic E-state index is 13.5. The maximum atomic E-state index is 13.5. The van der Waals surface area contributed by atoms with Crippen molar-refractivity contribution in [3.8, 4) is 5.75 Å². The Morgan fingerprint density at radius 3 is 2.18 bits per heavy atom. The first-order chi connectivity index (χ1) is 18.1. The van der Waals surface area contributed by atoms with Crippen LogP contribution in [0.3, 0.4) is 0 Å². The van der Waals surface area contributed by atoms with Gasteiger partial charge in [0.25, 0.3) is 0 Å². The van der Waals surface area contributed by atoms with Crippen LogP contribution >= 0.6 is 0 Å². The summed E-state index contributed by atoms with van der Waals surface area (Å²) in [5.74, 6) is 0.365. The molecule has 9 heteroatoms. The van der Waals surface area contributed by atoms with Gasteiger partial charge in [-0.05, 0) is 68.0 Å². The second kappa shape index (κ2) is 13.6. The molecule has 1 fully saturated rings. The number of benzene rings is 2. The fourth-order valence-electron chi connectivity index (χ4n) is 4.80. The normalized spacial score (nSPS) is 14.6. The zero-order valence-corrected chi connectivity index (χ0v) is 23.8. The topological polar surface area (TPSA) is 96.0 Å². The van der Waals surface area contributed by atoms with E-state index in [1.54, 1.807) is 31.1 Å². The number of hydrogen-bond acceptors (Lipinski definition) is 5. The quantitative estimate of drug-likeness (QED) is 0.407. The van der Waals surface area contributed by atoms with Gasteiger partial charge < -0.3 is 15.0 Å². The maximum Gasteiger partial charge on any atom is 0.242 e. The molecule has 8 nitrogen and oxygen atoms in total. The van der Waals surface area contributed by atoms with E-state index in [4.69, 9.17) is 4.74 Å². The van der Waals surface area contributed by atoms with Crippen LogP contribution in [0.25, 0.3) is 0 Å². The number of carbonyl (C=O) groups excluding carboxylic acids is 2. The second-order valence-electron chi connectivity index (χ2n) is 9.99. The number of sulfonamides is 1. The highest BCUT2D eigenvalue weighted by atomic mass is 32.2. The summed E-state index contributed by atoms with van der Waals surface area (Å²) >= 11 is 0. The summed E-state index contributed by atoms with van der Waals surface area (Å²) < 4.78 is 31.6. The molecule has 1 atom stereocenters. The number of nitrogens with one attached hydrogen (secondary N) is 1. The lowest BCUT2D eigenvalue weighted by Gasteiger charge is -2.30. The summed E-state index contributed by atoms with van der Waals surface area (Å²) in [7, 11) is -1.93. The van der Waals surface area contributed by atoms with Crippen molar-refractivity contribution < 1.29 is 22.7 Å². The highest BCUT2D eigenvalue weighted by Crippen LogP contribution is 2.22. The lowest BCUT2D eigenvalue weighted by atomic mass is 10.1. The third kappa shape index (κ3) is 8.21. The van der Waals surface area contributed by atoms with Crippen LogP contribution in [0.5, 0.6) is 5.75 Å². The standard InChI is InChI=1S/C29H41N3O5S/c1-5-23-12-16-26(17-13-23)32(38(4,35)36)20-8-11-28(33)31(21-24-14-18-27(37-3)19-15-24)22(2)29(34)30-25-9-6-7-10-25/h12-19,22,25H,5-11,20-21H2,1-4H3,(H,30,34)/t22-/m1/s1. The number of ether oxygens (including phenoxy) is 1. The van der Waals surface area contributed by atoms with Gasteiger partial charge in [0, 0.05) is 25.6 Å². The van der Waals surface area contributed by atoms with Crippen LogP contribution in [0, 0.1) is 0 Å². The highest BCUT2D eigenvalue weighted by Gasteiger charge is 2.28. The molecule has 208 valence electrons. The fourth-order valence-corrected chi connectivity index (χ4v) is 5.77. The molecule has 0 bridgehead atoms. The van der Waals surface area contributed by atoms with Gasteiger partial charge in [-0.3, -0.25) is 13.9 Å². The van der Waals surface area contributed by atoms with Crippen molar-refractivity contribution in [1.82, 2.24) is 10.2 Å². The molecule has 2 aromatic rings. The number of aryl methyl sites for hydroxylation is 1. The van der Waals surface area contributed by atoms with Gasteiger partial charge in [0.15, 0.2) is 0 Å². The molecule has 1 saturated carbocycles. The minimum Gasteiger partial charge on any atom is -0.497 e. The smallest absolute Gasteiger partial charge is 0.242 e. The molecule has 1 aliphatic rings. The van der Waals surface area contributed by atoms with Gasteiger partial charge in [-0.1, -0.05) is 44.0 Å². The van der Waals surface area contributed by atoms with E-state index in [1.807, 2.05) is 43.3 Å². The molecule has 2 amide bonds. The Hall–Kier alpha value is -3.07. The molecule has 0 heterocycles. The first-order valence-electron chi connectivity index (χ1n) is 13.4. The van der Waals surface area contributed by atoms with Gasteiger partial charge in [-0.2, -0.15) is 0 Å². The van der Waals surface area contributed by atoms with Gasteiger partial charge in [-0.15, -0.1) is 0 Å². The van der Waals surface area contributed by atoms with Crippen LogP contribution in [-0.2, 0) is 32.6 Å². The summed E-state index contributed by atoms with van der Waals surface area (Å²) in [5.41, 5.74) is 2.58. The van der Waals surface area contributed by atoms with Crippen molar-refractivity contribution in [3.63, 3.8) is 0 Å². The Morgan fingerprint density at radius 1 is 1.03 bits per heavy atom. The van der Waals surface area contributed by atoms with Crippen LogP contribution in [0.4, 0.5) is 5.69 Å². The number of rotatable bonds is 13. The van der Waals surface area contributed by atoms with Crippen LogP contribution in [0.15, 0.2) is 48.5 Å². The SMILES string of the molecule is CCc1ccc(N(CCCC(=O)N(Cc2ccc(OC)cc2)[C@H](C)C(=O)NC2CCCC2)S(C)(=O)=O)cc1. The van der Waals surface area contributed by atoms with Crippen molar-refractivity contribution in [3.05, 3.63) is 59.7 Å². The first kappa shape index (κ1) is 29.5. The van der Waals surface area contributed by atoms with Gasteiger partial charge in [-0.25, -0.2) is 8.42 Å². The second-order valence-corrected chi connectivity index (χ2v) is 11.9. The summed E-state index contributed by atoms with van der Waals surface area (Å²) in [5, 5.41) is 3.10. The van der Waals surface area contributed by atoms with E-state index in [-0.39, 0.29) is 37.4 Å². The summed E-state index contributed by atoms with van der Waals surface area (Å²) in [6.45, 7) is 4.25. The van der Waals surface area contributed by atoms with Gasteiger partial charge >= 0.3 is 0 Å². The number of amides is 2. The van der Waals surface area contributed by atoms with Gasteiger partial charge in [0.1, 0.15) is 11.8 Å². The zero-order valence-electron chi connectivity index (χ0n) is 23.0. The molecule has 0 radical (unpaired) electrons. The molecule has 3 rings (SSSR count). The molecular formula is C29H41N3O5S. The van der Waals surface area contributed by atoms with Crippen molar-refractivity contribution in [2.45, 2.75) is 77.4 Å². The molecule has 0 spiro atoms. The Labute approximate surface area is 227 Å². The first-order valence-corrected chi connectivity index (χ1v) is 15.3. The lowest BCUT2D eigenvalue weighted by Crippen LogP contribution is -2.49. The average molecular weight is 544 g/mol. The average Bonchev–Trinajstić information content (AvgIpc) is 3.42. The predicted molar refractivity (Wildman–Crippen MR) is 151 cm³/mol. The van der Waals surface area contributed by atoms with Crippen LogP contribution in [0.2, 0.25) is 0 Å². The number of anilines is 1. The molecule has 0 aliphatic heterocycles. The van der Waals surface area contributed by atoms with E-state index in [1.165, 1.54) is 10.6 Å². The van der Waals surface area contributed by atoms with Crippen molar-refractivity contribution >= 4 is 27.5 Å². The van der Waals surface area contributed by atoms with Gasteiger partial charge in [0.2, 0.25) is 21.8 Å². The van der Waals surface area contributed by atoms with E-state index < -0.39 is 16.1 Å². The molecule has 0 aromatic heterocycles. The molecule has 0 unspecified atom stereocenters. The minimum absolute atomic E-state index is 0.121. The summed E-state index contributed by atoms with van der Waals surface area (Å²) in [4.78, 5) is 28.1. The summed E-state index contributed by atoms with van der Waals surface area (Å²) in [6.07, 6.45) is 6.63. The number of methoxy groups -OCH3 is 1. The molecule has 1 N–H and O–H groups in total. The van der Waals surface area contributed by atoms with Crippen LogP contribution < -0.4 is 14.4 Å². The monoisotopic (exact) mass is 543 g/mol. The largest absolute Gasteiger partial charge is 0.497 e. The van der Waals surface area contributed by atoms with Crippen molar-refractivity contribution in [2.75, 3.05) is 24.2 Å². The zero-order chi connectivity index (χ0) is 27.7. The molecule has 2 aromatic carbocycles. The number of nitrogens with zero attached hydrogens (tertiary/aromatic N) is 2. The minimum atomic E-state index is -3.52. The van der Waals surface area contributed by atoms with Crippen molar-refractivity contribution in [2.24, 2.45) is 0 Å². The highest BCUT2D eigenvalue weighted by molar-refractivity contribution is 7.92. The Bertz CT molecular complexity index is 1160. The van der Waals surface area contributed by atoms with E-state index in [9.17, 15) is 18.0 Å². The Morgan fingerprint density at radius 2 is 1.63 bits per heavy atom. The van der Waals surface area contributed by atoms with Crippen LogP contribution in [0.1, 0.15) is 63.5 Å². The fraction of sp³-hybridized carbons (Fsp3) is 0.517. The van der Waals surface area contributed by atoms with E-state index in [2.05, 4.69) is 5.32 Å². The number of carbonyl (C=O) groups is 2. The third-order valence-electron chi connectivity index (χ3n) is 7.17. The van der Waals surface area contributed by atoms with Crippen LogP contribution in [-0.4, -0.2) is 57.1 Å². The molecule has 0 saturated heterocycles. The van der Waals surface area contributed by atoms with E-state index in [0.717, 1.165) is 43.2 Å². The third-order valence-corrected chi connectivity index (χ3v) is 8.36. The van der Waals surface area contributed by atoms with E-state index in [0.29, 0.717) is 17.9 Å². The molecule has 1 aliphatic carbocycles. The lowest BCUT2D eigenvalue weighted by molar-refractivity contribution is -0.141. The molecular weight excluding hydrogens is 502 g/mol. The Kier molecular flexibility index (Phi) is 10.6. The summed E-state index contributed by atoms with van der Waals surface area (Å²) in [6, 6.07) is 14.4.